The van der Waals surface area contributed by atoms with Crippen molar-refractivity contribution in [2.45, 2.75) is 85.0 Å². The van der Waals surface area contributed by atoms with Crippen molar-refractivity contribution in [1.29, 1.82) is 0 Å². The standard InChI is InChI=1S/C11H21NO3.C9H16O.C2H6/c1-14-9-10-15-8-5-11(13)12-6-3-2-4-7-12;1-2-9(10)8-6-4-3-5-7-8;1-2/h2-10H2,1H3;8H,2-7H2,1H3;1-2H3. The molecule has 0 N–H and O–H groups in total. The van der Waals surface area contributed by atoms with Crippen LogP contribution in [0.15, 0.2) is 0 Å². The molecule has 0 aromatic carbocycles. The van der Waals surface area contributed by atoms with Crippen LogP contribution in [0.5, 0.6) is 0 Å². The van der Waals surface area contributed by atoms with E-state index in [1.807, 2.05) is 25.7 Å². The molecule has 2 aliphatic rings. The summed E-state index contributed by atoms with van der Waals surface area (Å²) < 4.78 is 10.1. The van der Waals surface area contributed by atoms with Crippen LogP contribution >= 0.6 is 0 Å². The molecule has 1 aliphatic carbocycles. The summed E-state index contributed by atoms with van der Waals surface area (Å²) in [7, 11) is 1.64. The van der Waals surface area contributed by atoms with Crippen LogP contribution in [-0.2, 0) is 19.1 Å². The lowest BCUT2D eigenvalue weighted by Gasteiger charge is -2.26. The fourth-order valence-electron chi connectivity index (χ4n) is 3.42. The lowest BCUT2D eigenvalue weighted by Crippen LogP contribution is -2.36. The molecule has 0 bridgehead atoms. The van der Waals surface area contributed by atoms with Crippen LogP contribution < -0.4 is 0 Å². The highest BCUT2D eigenvalue weighted by Gasteiger charge is 2.18. The first-order valence-electron chi connectivity index (χ1n) is 11.1. The zero-order chi connectivity index (χ0) is 20.3. The van der Waals surface area contributed by atoms with Crippen molar-refractivity contribution < 1.29 is 19.1 Å². The van der Waals surface area contributed by atoms with Gasteiger partial charge in [-0.1, -0.05) is 40.0 Å². The number of amides is 1. The van der Waals surface area contributed by atoms with E-state index in [4.69, 9.17) is 9.47 Å². The second kappa shape index (κ2) is 18.4. The van der Waals surface area contributed by atoms with Crippen LogP contribution in [0.25, 0.3) is 0 Å². The maximum Gasteiger partial charge on any atom is 0.224 e. The number of piperidine rings is 1. The van der Waals surface area contributed by atoms with Gasteiger partial charge in [-0.2, -0.15) is 0 Å². The zero-order valence-electron chi connectivity index (χ0n) is 18.3. The SMILES string of the molecule is CC.CCC(=O)C1CCCCC1.COCCOCCC(=O)N1CCCCC1. The number of ketones is 1. The molecule has 0 spiro atoms. The van der Waals surface area contributed by atoms with Crippen LogP contribution in [0, 0.1) is 5.92 Å². The Hall–Kier alpha value is -0.940. The topological polar surface area (TPSA) is 55.8 Å². The first-order valence-corrected chi connectivity index (χ1v) is 11.1. The number of rotatable bonds is 8. The molecule has 0 radical (unpaired) electrons. The maximum atomic E-state index is 11.6. The van der Waals surface area contributed by atoms with Gasteiger partial charge in [0.2, 0.25) is 5.91 Å². The molecule has 0 aromatic heterocycles. The third kappa shape index (κ3) is 13.0. The molecule has 1 saturated carbocycles. The minimum absolute atomic E-state index is 0.229. The van der Waals surface area contributed by atoms with Gasteiger partial charge in [0.25, 0.3) is 0 Å². The van der Waals surface area contributed by atoms with Gasteiger partial charge in [0.05, 0.1) is 26.2 Å². The summed E-state index contributed by atoms with van der Waals surface area (Å²) in [5, 5.41) is 0. The summed E-state index contributed by atoms with van der Waals surface area (Å²) in [6.45, 7) is 9.51. The van der Waals surface area contributed by atoms with E-state index < -0.39 is 0 Å². The average molecular weight is 386 g/mol. The molecular weight excluding hydrogens is 342 g/mol. The molecular formula is C22H43NO4. The molecule has 5 nitrogen and oxygen atoms in total. The Bertz CT molecular complexity index is 361. The van der Waals surface area contributed by atoms with Gasteiger partial charge < -0.3 is 14.4 Å². The zero-order valence-corrected chi connectivity index (χ0v) is 18.3. The van der Waals surface area contributed by atoms with Crippen molar-refractivity contribution in [3.63, 3.8) is 0 Å². The summed E-state index contributed by atoms with van der Waals surface area (Å²) >= 11 is 0. The molecule has 0 atom stereocenters. The van der Waals surface area contributed by atoms with E-state index in [1.165, 1.54) is 25.7 Å². The smallest absolute Gasteiger partial charge is 0.224 e. The van der Waals surface area contributed by atoms with E-state index in [0.29, 0.717) is 37.9 Å². The minimum atomic E-state index is 0.229. The highest BCUT2D eigenvalue weighted by atomic mass is 16.5. The Labute approximate surface area is 167 Å². The molecule has 1 aliphatic heterocycles. The number of ether oxygens (including phenoxy) is 2. The number of carbonyl (C=O) groups excluding carboxylic acids is 2. The van der Waals surface area contributed by atoms with Gasteiger partial charge in [-0.05, 0) is 32.1 Å². The molecule has 1 heterocycles. The van der Waals surface area contributed by atoms with E-state index in [-0.39, 0.29) is 5.91 Å². The van der Waals surface area contributed by atoms with E-state index in [1.54, 1.807) is 7.11 Å². The molecule has 160 valence electrons. The van der Waals surface area contributed by atoms with Crippen molar-refractivity contribution in [2.75, 3.05) is 40.0 Å². The Kier molecular flexibility index (Phi) is 17.8. The van der Waals surface area contributed by atoms with Gasteiger partial charge in [-0.25, -0.2) is 0 Å². The third-order valence-corrected chi connectivity index (χ3v) is 5.01. The Morgan fingerprint density at radius 2 is 1.48 bits per heavy atom. The van der Waals surface area contributed by atoms with Crippen LogP contribution in [0.4, 0.5) is 0 Å². The Balaban J connectivity index is 0.000000488. The number of carbonyl (C=O) groups is 2. The highest BCUT2D eigenvalue weighted by Crippen LogP contribution is 2.24. The average Bonchev–Trinajstić information content (AvgIpc) is 2.76. The molecule has 0 unspecified atom stereocenters. The summed E-state index contributed by atoms with van der Waals surface area (Å²) in [4.78, 5) is 24.8. The van der Waals surface area contributed by atoms with Crippen molar-refractivity contribution >= 4 is 11.7 Å². The number of hydrogen-bond donors (Lipinski definition) is 0. The molecule has 27 heavy (non-hydrogen) atoms. The number of hydrogen-bond acceptors (Lipinski definition) is 4. The van der Waals surface area contributed by atoms with Crippen molar-refractivity contribution in [3.8, 4) is 0 Å². The monoisotopic (exact) mass is 385 g/mol. The first-order chi connectivity index (χ1) is 13.2. The minimum Gasteiger partial charge on any atom is -0.382 e. The van der Waals surface area contributed by atoms with Crippen LogP contribution in [0.3, 0.4) is 0 Å². The summed E-state index contributed by atoms with van der Waals surface area (Å²) in [5.74, 6) is 1.14. The summed E-state index contributed by atoms with van der Waals surface area (Å²) in [6.07, 6.45) is 11.0. The second-order valence-electron chi connectivity index (χ2n) is 6.95. The quantitative estimate of drug-likeness (QED) is 0.572. The Morgan fingerprint density at radius 1 is 0.889 bits per heavy atom. The van der Waals surface area contributed by atoms with Gasteiger partial charge in [-0.3, -0.25) is 9.59 Å². The lowest BCUT2D eigenvalue weighted by atomic mass is 9.85. The molecule has 1 amide bonds. The predicted molar refractivity (Wildman–Crippen MR) is 111 cm³/mol. The normalized spacial score (nSPS) is 17.3. The summed E-state index contributed by atoms with van der Waals surface area (Å²) in [6, 6.07) is 0. The van der Waals surface area contributed by atoms with Gasteiger partial charge >= 0.3 is 0 Å². The molecule has 1 saturated heterocycles. The van der Waals surface area contributed by atoms with Crippen molar-refractivity contribution in [3.05, 3.63) is 0 Å². The summed E-state index contributed by atoms with van der Waals surface area (Å²) in [5.41, 5.74) is 0. The van der Waals surface area contributed by atoms with Gasteiger partial charge in [0.15, 0.2) is 0 Å². The van der Waals surface area contributed by atoms with Crippen LogP contribution in [0.2, 0.25) is 0 Å². The van der Waals surface area contributed by atoms with Gasteiger partial charge in [0.1, 0.15) is 5.78 Å². The van der Waals surface area contributed by atoms with Crippen LogP contribution in [0.1, 0.15) is 85.0 Å². The highest BCUT2D eigenvalue weighted by molar-refractivity contribution is 5.80. The van der Waals surface area contributed by atoms with E-state index in [9.17, 15) is 9.59 Å². The number of Topliss-reactive ketones (excluding diaryl/α,β-unsaturated/α-hetero) is 1. The van der Waals surface area contributed by atoms with Crippen LogP contribution in [-0.4, -0.2) is 56.6 Å². The van der Waals surface area contributed by atoms with Gasteiger partial charge in [-0.15, -0.1) is 0 Å². The second-order valence-corrected chi connectivity index (χ2v) is 6.95. The maximum absolute atomic E-state index is 11.6. The fraction of sp³-hybridized carbons (Fsp3) is 0.909. The first kappa shape index (κ1) is 26.1. The largest absolute Gasteiger partial charge is 0.382 e. The third-order valence-electron chi connectivity index (χ3n) is 5.01. The molecule has 0 aromatic rings. The van der Waals surface area contributed by atoms with E-state index in [2.05, 4.69) is 0 Å². The molecule has 2 fully saturated rings. The number of nitrogens with zero attached hydrogens (tertiary/aromatic N) is 1. The van der Waals surface area contributed by atoms with Crippen molar-refractivity contribution in [2.24, 2.45) is 5.92 Å². The fourth-order valence-corrected chi connectivity index (χ4v) is 3.42. The van der Waals surface area contributed by atoms with E-state index >= 15 is 0 Å². The van der Waals surface area contributed by atoms with E-state index in [0.717, 1.165) is 45.2 Å². The van der Waals surface area contributed by atoms with Gasteiger partial charge in [0, 0.05) is 32.5 Å². The number of likely N-dealkylation sites (tertiary alicyclic amines) is 1. The number of methoxy groups -OCH3 is 1. The predicted octanol–water partition coefficient (Wildman–Crippen LogP) is 4.62. The molecule has 2 rings (SSSR count). The van der Waals surface area contributed by atoms with Crippen molar-refractivity contribution in [1.82, 2.24) is 4.90 Å². The Morgan fingerprint density at radius 3 is 2.04 bits per heavy atom. The lowest BCUT2D eigenvalue weighted by molar-refractivity contribution is -0.133. The molecule has 5 heteroatoms.